The number of anilines is 2. The Kier molecular flexibility index (Phi) is 4.52. The number of halogens is 1. The summed E-state index contributed by atoms with van der Waals surface area (Å²) in [5.74, 6) is 0.140. The molecule has 1 unspecified atom stereocenters. The van der Waals surface area contributed by atoms with Gasteiger partial charge in [-0.2, -0.15) is 5.10 Å². The molecule has 2 heterocycles. The van der Waals surface area contributed by atoms with E-state index in [0.29, 0.717) is 22.8 Å². The molecular weight excluding hydrogens is 363 g/mol. The molecule has 2 amide bonds. The second-order valence-electron chi connectivity index (χ2n) is 6.35. The number of ether oxygens (including phenoxy) is 1. The van der Waals surface area contributed by atoms with Gasteiger partial charge in [0.1, 0.15) is 23.4 Å². The van der Waals surface area contributed by atoms with Crippen LogP contribution in [0.25, 0.3) is 11.1 Å². The predicted octanol–water partition coefficient (Wildman–Crippen LogP) is 3.22. The number of nitrogens with zero attached hydrogens (tertiary/aromatic N) is 2. The summed E-state index contributed by atoms with van der Waals surface area (Å²) >= 11 is 0. The first-order chi connectivity index (χ1) is 13.5. The van der Waals surface area contributed by atoms with E-state index in [4.69, 9.17) is 4.74 Å². The number of carbonyl (C=O) groups is 2. The van der Waals surface area contributed by atoms with E-state index in [1.165, 1.54) is 16.8 Å². The van der Waals surface area contributed by atoms with Crippen molar-refractivity contribution >= 4 is 23.3 Å². The summed E-state index contributed by atoms with van der Waals surface area (Å²) in [7, 11) is 1.54. The van der Waals surface area contributed by atoms with Gasteiger partial charge in [0.25, 0.3) is 5.91 Å². The highest BCUT2D eigenvalue weighted by Gasteiger charge is 2.35. The van der Waals surface area contributed by atoms with Crippen LogP contribution in [0.2, 0.25) is 0 Å². The van der Waals surface area contributed by atoms with E-state index in [1.54, 1.807) is 49.7 Å². The number of hydrogen-bond acceptors (Lipinski definition) is 4. The highest BCUT2D eigenvalue weighted by Crippen LogP contribution is 2.35. The SMILES string of the molecule is COc1cccc(NC(=O)CC2C(=O)Nc3c(-c4ccc(F)cc4)cnn32)c1. The van der Waals surface area contributed by atoms with E-state index in [0.717, 1.165) is 5.56 Å². The number of amides is 2. The summed E-state index contributed by atoms with van der Waals surface area (Å²) in [5.41, 5.74) is 1.98. The molecule has 2 aromatic carbocycles. The Bertz CT molecular complexity index is 1050. The lowest BCUT2D eigenvalue weighted by Crippen LogP contribution is -2.23. The summed E-state index contributed by atoms with van der Waals surface area (Å²) in [6, 6.07) is 12.1. The fourth-order valence-corrected chi connectivity index (χ4v) is 3.14. The molecule has 1 aliphatic heterocycles. The van der Waals surface area contributed by atoms with Gasteiger partial charge in [0.05, 0.1) is 19.7 Å². The van der Waals surface area contributed by atoms with Gasteiger partial charge in [-0.25, -0.2) is 9.07 Å². The summed E-state index contributed by atoms with van der Waals surface area (Å²) in [5, 5.41) is 9.78. The number of hydrogen-bond donors (Lipinski definition) is 2. The van der Waals surface area contributed by atoms with Crippen LogP contribution in [0.4, 0.5) is 15.9 Å². The molecule has 28 heavy (non-hydrogen) atoms. The summed E-state index contributed by atoms with van der Waals surface area (Å²) in [4.78, 5) is 24.8. The van der Waals surface area contributed by atoms with Crippen LogP contribution in [0.3, 0.4) is 0 Å². The van der Waals surface area contributed by atoms with Crippen LogP contribution in [0.15, 0.2) is 54.7 Å². The average molecular weight is 380 g/mol. The van der Waals surface area contributed by atoms with Crippen LogP contribution in [0, 0.1) is 5.82 Å². The van der Waals surface area contributed by atoms with Crippen molar-refractivity contribution in [3.8, 4) is 16.9 Å². The van der Waals surface area contributed by atoms with Crippen molar-refractivity contribution in [2.45, 2.75) is 12.5 Å². The molecule has 0 saturated carbocycles. The van der Waals surface area contributed by atoms with Gasteiger partial charge in [0, 0.05) is 17.3 Å². The standard InChI is InChI=1S/C20H17FN4O3/c1-28-15-4-2-3-14(9-15)23-18(26)10-17-20(27)24-19-16(11-22-25(17)19)12-5-7-13(21)8-6-12/h2-9,11,17H,10H2,1H3,(H,23,26)(H,24,27). The largest absolute Gasteiger partial charge is 0.497 e. The molecule has 1 aliphatic rings. The highest BCUT2D eigenvalue weighted by atomic mass is 19.1. The van der Waals surface area contributed by atoms with Crippen molar-refractivity contribution in [1.82, 2.24) is 9.78 Å². The Balaban J connectivity index is 1.52. The number of fused-ring (bicyclic) bond motifs is 1. The molecule has 0 bridgehead atoms. The molecule has 0 saturated heterocycles. The zero-order valence-corrected chi connectivity index (χ0v) is 15.0. The lowest BCUT2D eigenvalue weighted by Gasteiger charge is -2.10. The Morgan fingerprint density at radius 2 is 2.07 bits per heavy atom. The molecule has 3 aromatic rings. The molecule has 0 spiro atoms. The molecule has 7 nitrogen and oxygen atoms in total. The van der Waals surface area contributed by atoms with Crippen molar-refractivity contribution < 1.29 is 18.7 Å². The third-order valence-electron chi connectivity index (χ3n) is 4.52. The summed E-state index contributed by atoms with van der Waals surface area (Å²) < 4.78 is 19.8. The van der Waals surface area contributed by atoms with Gasteiger partial charge in [0.15, 0.2) is 0 Å². The maximum atomic E-state index is 13.2. The maximum Gasteiger partial charge on any atom is 0.251 e. The van der Waals surface area contributed by atoms with Crippen molar-refractivity contribution in [1.29, 1.82) is 0 Å². The number of benzene rings is 2. The molecule has 2 N–H and O–H groups in total. The third-order valence-corrected chi connectivity index (χ3v) is 4.52. The van der Waals surface area contributed by atoms with Gasteiger partial charge in [-0.3, -0.25) is 9.59 Å². The maximum absolute atomic E-state index is 13.2. The molecule has 0 radical (unpaired) electrons. The van der Waals surface area contributed by atoms with E-state index >= 15 is 0 Å². The molecule has 0 aliphatic carbocycles. The van der Waals surface area contributed by atoms with E-state index in [9.17, 15) is 14.0 Å². The van der Waals surface area contributed by atoms with E-state index in [2.05, 4.69) is 15.7 Å². The van der Waals surface area contributed by atoms with Gasteiger partial charge in [0.2, 0.25) is 5.91 Å². The smallest absolute Gasteiger partial charge is 0.251 e. The van der Waals surface area contributed by atoms with Crippen LogP contribution < -0.4 is 15.4 Å². The third kappa shape index (κ3) is 3.32. The Morgan fingerprint density at radius 3 is 2.82 bits per heavy atom. The van der Waals surface area contributed by atoms with E-state index in [-0.39, 0.29) is 24.1 Å². The predicted molar refractivity (Wildman–Crippen MR) is 102 cm³/mol. The molecule has 1 aromatic heterocycles. The molecule has 4 rings (SSSR count). The topological polar surface area (TPSA) is 85.2 Å². The van der Waals surface area contributed by atoms with Gasteiger partial charge < -0.3 is 15.4 Å². The van der Waals surface area contributed by atoms with Crippen LogP contribution in [-0.2, 0) is 9.59 Å². The Hall–Kier alpha value is -3.68. The molecule has 142 valence electrons. The lowest BCUT2D eigenvalue weighted by molar-refractivity contribution is -0.123. The first kappa shape index (κ1) is 17.7. The van der Waals surface area contributed by atoms with Crippen molar-refractivity contribution in [3.05, 3.63) is 60.5 Å². The van der Waals surface area contributed by atoms with Crippen LogP contribution in [-0.4, -0.2) is 28.7 Å². The highest BCUT2D eigenvalue weighted by molar-refractivity contribution is 6.04. The Labute approximate surface area is 160 Å². The number of nitrogens with one attached hydrogen (secondary N) is 2. The van der Waals surface area contributed by atoms with Gasteiger partial charge >= 0.3 is 0 Å². The number of methoxy groups -OCH3 is 1. The number of rotatable bonds is 5. The van der Waals surface area contributed by atoms with Crippen LogP contribution in [0.1, 0.15) is 12.5 Å². The van der Waals surface area contributed by atoms with E-state index in [1.807, 2.05) is 0 Å². The second-order valence-corrected chi connectivity index (χ2v) is 6.35. The zero-order chi connectivity index (χ0) is 19.7. The quantitative estimate of drug-likeness (QED) is 0.712. The van der Waals surface area contributed by atoms with E-state index < -0.39 is 6.04 Å². The normalized spacial score (nSPS) is 15.1. The van der Waals surface area contributed by atoms with Crippen LogP contribution >= 0.6 is 0 Å². The first-order valence-electron chi connectivity index (χ1n) is 8.63. The minimum absolute atomic E-state index is 0.0689. The van der Waals surface area contributed by atoms with Gasteiger partial charge in [-0.15, -0.1) is 0 Å². The van der Waals surface area contributed by atoms with Gasteiger partial charge in [-0.05, 0) is 29.8 Å². The minimum Gasteiger partial charge on any atom is -0.497 e. The zero-order valence-electron chi connectivity index (χ0n) is 15.0. The van der Waals surface area contributed by atoms with Crippen LogP contribution in [0.5, 0.6) is 5.75 Å². The summed E-state index contributed by atoms with van der Waals surface area (Å²) in [6.45, 7) is 0. The van der Waals surface area contributed by atoms with Gasteiger partial charge in [-0.1, -0.05) is 18.2 Å². The monoisotopic (exact) mass is 380 g/mol. The number of aromatic nitrogens is 2. The van der Waals surface area contributed by atoms with Crippen molar-refractivity contribution in [3.63, 3.8) is 0 Å². The fourth-order valence-electron chi connectivity index (χ4n) is 3.14. The van der Waals surface area contributed by atoms with Crippen molar-refractivity contribution in [2.24, 2.45) is 0 Å². The molecule has 0 fully saturated rings. The van der Waals surface area contributed by atoms with Crippen molar-refractivity contribution in [2.75, 3.05) is 17.7 Å². The first-order valence-corrected chi connectivity index (χ1v) is 8.63. The number of carbonyl (C=O) groups excluding carboxylic acids is 2. The molecule has 1 atom stereocenters. The fraction of sp³-hybridized carbons (Fsp3) is 0.150. The molecule has 8 heteroatoms. The average Bonchev–Trinajstić information content (AvgIpc) is 3.22. The lowest BCUT2D eigenvalue weighted by atomic mass is 10.1. The minimum atomic E-state index is -0.755. The molecular formula is C20H17FN4O3. The second kappa shape index (κ2) is 7.15. The Morgan fingerprint density at radius 1 is 1.29 bits per heavy atom. The summed E-state index contributed by atoms with van der Waals surface area (Å²) in [6.07, 6.45) is 1.52.